The fourth-order valence-electron chi connectivity index (χ4n) is 4.86. The van der Waals surface area contributed by atoms with Gasteiger partial charge in [0.1, 0.15) is 12.2 Å². The Kier molecular flexibility index (Phi) is 8.04. The number of halogens is 1. The number of rotatable bonds is 6. The van der Waals surface area contributed by atoms with Gasteiger partial charge in [0.05, 0.1) is 25.7 Å². The van der Waals surface area contributed by atoms with E-state index in [1.165, 1.54) is 22.3 Å². The van der Waals surface area contributed by atoms with Gasteiger partial charge in [-0.2, -0.15) is 0 Å². The number of hydrogen-bond donors (Lipinski definition) is 1. The zero-order valence-electron chi connectivity index (χ0n) is 21.0. The van der Waals surface area contributed by atoms with E-state index in [1.807, 2.05) is 54.6 Å². The molecule has 2 saturated heterocycles. The maximum Gasteiger partial charge on any atom is 0.254 e. The van der Waals surface area contributed by atoms with Crippen molar-refractivity contribution < 1.29 is 23.5 Å². The molecule has 1 N–H and O–H groups in total. The Labute approximate surface area is 211 Å². The van der Waals surface area contributed by atoms with Gasteiger partial charge >= 0.3 is 0 Å². The molecule has 0 aromatic heterocycles. The largest absolute Gasteiger partial charge is 0.365 e. The average molecular weight is 496 g/mol. The SMILES string of the molecule is CC(=O)N1CCOC(C(=O)N2CC(F)CC2C(=O)NC(c2ccccc2)c2ccc(C(C)C)cc2)C1. The van der Waals surface area contributed by atoms with Crippen LogP contribution < -0.4 is 5.32 Å². The Morgan fingerprint density at radius 3 is 2.25 bits per heavy atom. The highest BCUT2D eigenvalue weighted by atomic mass is 19.1. The van der Waals surface area contributed by atoms with Gasteiger partial charge in [0, 0.05) is 19.9 Å². The van der Waals surface area contributed by atoms with Gasteiger partial charge in [-0.1, -0.05) is 68.4 Å². The zero-order valence-corrected chi connectivity index (χ0v) is 21.0. The Morgan fingerprint density at radius 2 is 1.61 bits per heavy atom. The first-order valence-electron chi connectivity index (χ1n) is 12.5. The van der Waals surface area contributed by atoms with Crippen LogP contribution in [0.25, 0.3) is 0 Å². The lowest BCUT2D eigenvalue weighted by Crippen LogP contribution is -2.55. The molecular formula is C28H34FN3O4. The van der Waals surface area contributed by atoms with Crippen LogP contribution in [0.2, 0.25) is 0 Å². The molecule has 7 nitrogen and oxygen atoms in total. The molecule has 4 atom stereocenters. The first-order chi connectivity index (χ1) is 17.2. The summed E-state index contributed by atoms with van der Waals surface area (Å²) in [5.41, 5.74) is 2.99. The van der Waals surface area contributed by atoms with Crippen molar-refractivity contribution >= 4 is 17.7 Å². The van der Waals surface area contributed by atoms with Crippen molar-refractivity contribution in [1.82, 2.24) is 15.1 Å². The summed E-state index contributed by atoms with van der Waals surface area (Å²) in [5, 5.41) is 3.07. The maximum absolute atomic E-state index is 14.5. The molecule has 0 saturated carbocycles. The number of likely N-dealkylation sites (tertiary alicyclic amines) is 1. The second kappa shape index (κ2) is 11.2. The first-order valence-corrected chi connectivity index (χ1v) is 12.5. The molecule has 4 rings (SSSR count). The van der Waals surface area contributed by atoms with E-state index in [1.54, 1.807) is 0 Å². The Balaban J connectivity index is 1.54. The predicted molar refractivity (Wildman–Crippen MR) is 134 cm³/mol. The molecule has 8 heteroatoms. The topological polar surface area (TPSA) is 79.0 Å². The second-order valence-electron chi connectivity index (χ2n) is 9.84. The molecule has 2 aromatic carbocycles. The molecule has 2 fully saturated rings. The number of hydrogen-bond acceptors (Lipinski definition) is 4. The molecular weight excluding hydrogens is 461 g/mol. The highest BCUT2D eigenvalue weighted by Crippen LogP contribution is 2.27. The number of amides is 3. The third-order valence-corrected chi connectivity index (χ3v) is 6.98. The van der Waals surface area contributed by atoms with Crippen LogP contribution in [0.5, 0.6) is 0 Å². The minimum Gasteiger partial charge on any atom is -0.365 e. The number of ether oxygens (including phenoxy) is 1. The lowest BCUT2D eigenvalue weighted by molar-refractivity contribution is -0.156. The first kappa shape index (κ1) is 25.8. The standard InChI is InChI=1S/C28H34FN3O4/c1-18(2)20-9-11-22(12-10-20)26(21-7-5-4-6-8-21)30-27(34)24-15-23(29)16-32(24)28(35)25-17-31(19(3)33)13-14-36-25/h4-12,18,23-26H,13-17H2,1-3H3,(H,30,34). The van der Waals surface area contributed by atoms with E-state index in [2.05, 4.69) is 19.2 Å². The fourth-order valence-corrected chi connectivity index (χ4v) is 4.86. The minimum absolute atomic E-state index is 0.0749. The number of nitrogens with zero attached hydrogens (tertiary/aromatic N) is 2. The van der Waals surface area contributed by atoms with Crippen LogP contribution in [0.15, 0.2) is 54.6 Å². The van der Waals surface area contributed by atoms with E-state index in [0.29, 0.717) is 12.5 Å². The molecule has 0 spiro atoms. The summed E-state index contributed by atoms with van der Waals surface area (Å²) in [7, 11) is 0. The van der Waals surface area contributed by atoms with Crippen molar-refractivity contribution in [2.24, 2.45) is 0 Å². The molecule has 0 radical (unpaired) electrons. The number of morpholine rings is 1. The van der Waals surface area contributed by atoms with Gasteiger partial charge in [-0.25, -0.2) is 4.39 Å². The van der Waals surface area contributed by atoms with Gasteiger partial charge in [0.15, 0.2) is 6.10 Å². The summed E-state index contributed by atoms with van der Waals surface area (Å²) in [6, 6.07) is 16.3. The molecule has 36 heavy (non-hydrogen) atoms. The normalized spacial score (nSPS) is 23.0. The summed E-state index contributed by atoms with van der Waals surface area (Å²) in [6.45, 7) is 6.24. The third-order valence-electron chi connectivity index (χ3n) is 6.98. The minimum atomic E-state index is -1.31. The molecule has 0 aliphatic carbocycles. The highest BCUT2D eigenvalue weighted by Gasteiger charge is 2.43. The second-order valence-corrected chi connectivity index (χ2v) is 9.84. The molecule has 2 aliphatic heterocycles. The number of carbonyl (C=O) groups is 3. The van der Waals surface area contributed by atoms with Gasteiger partial charge in [0.25, 0.3) is 5.91 Å². The van der Waals surface area contributed by atoms with Crippen molar-refractivity contribution in [2.45, 2.75) is 57.5 Å². The van der Waals surface area contributed by atoms with Gasteiger partial charge in [-0.15, -0.1) is 0 Å². The van der Waals surface area contributed by atoms with E-state index in [0.717, 1.165) is 11.1 Å². The van der Waals surface area contributed by atoms with Crippen LogP contribution in [0, 0.1) is 0 Å². The molecule has 2 aromatic rings. The van der Waals surface area contributed by atoms with Gasteiger partial charge in [-0.3, -0.25) is 14.4 Å². The van der Waals surface area contributed by atoms with Crippen LogP contribution in [0.4, 0.5) is 4.39 Å². The van der Waals surface area contributed by atoms with Crippen LogP contribution in [-0.2, 0) is 19.1 Å². The van der Waals surface area contributed by atoms with E-state index >= 15 is 0 Å². The zero-order chi connectivity index (χ0) is 25.8. The molecule has 0 bridgehead atoms. The van der Waals surface area contributed by atoms with Crippen molar-refractivity contribution in [3.05, 3.63) is 71.3 Å². The smallest absolute Gasteiger partial charge is 0.254 e. The lowest BCUT2D eigenvalue weighted by atomic mass is 9.95. The Hall–Kier alpha value is -3.26. The molecule has 192 valence electrons. The van der Waals surface area contributed by atoms with E-state index in [4.69, 9.17) is 4.74 Å². The van der Waals surface area contributed by atoms with Crippen molar-refractivity contribution in [1.29, 1.82) is 0 Å². The fraction of sp³-hybridized carbons (Fsp3) is 0.464. The average Bonchev–Trinajstić information content (AvgIpc) is 3.29. The molecule has 4 unspecified atom stereocenters. The number of alkyl halides is 1. The van der Waals surface area contributed by atoms with Crippen LogP contribution in [-0.4, -0.2) is 72.1 Å². The monoisotopic (exact) mass is 495 g/mol. The van der Waals surface area contributed by atoms with E-state index < -0.39 is 36.2 Å². The van der Waals surface area contributed by atoms with Crippen molar-refractivity contribution in [2.75, 3.05) is 26.2 Å². The van der Waals surface area contributed by atoms with Crippen LogP contribution in [0.3, 0.4) is 0 Å². The summed E-state index contributed by atoms with van der Waals surface area (Å²) < 4.78 is 20.1. The van der Waals surface area contributed by atoms with Gasteiger partial charge < -0.3 is 19.9 Å². The van der Waals surface area contributed by atoms with Crippen LogP contribution in [0.1, 0.15) is 55.8 Å². The van der Waals surface area contributed by atoms with Crippen molar-refractivity contribution in [3.63, 3.8) is 0 Å². The Bertz CT molecular complexity index is 1080. The maximum atomic E-state index is 14.5. The molecule has 2 aliphatic rings. The summed E-state index contributed by atoms with van der Waals surface area (Å²) in [4.78, 5) is 41.4. The number of benzene rings is 2. The van der Waals surface area contributed by atoms with E-state index in [-0.39, 0.29) is 32.0 Å². The van der Waals surface area contributed by atoms with Gasteiger partial charge in [-0.05, 0) is 22.6 Å². The predicted octanol–water partition coefficient (Wildman–Crippen LogP) is 3.20. The Morgan fingerprint density at radius 1 is 0.972 bits per heavy atom. The summed E-state index contributed by atoms with van der Waals surface area (Å²) in [6.07, 6.45) is -2.29. The summed E-state index contributed by atoms with van der Waals surface area (Å²) >= 11 is 0. The number of carbonyl (C=O) groups excluding carboxylic acids is 3. The van der Waals surface area contributed by atoms with E-state index in [9.17, 15) is 18.8 Å². The summed E-state index contributed by atoms with van der Waals surface area (Å²) in [5.74, 6) is -0.642. The molecule has 2 heterocycles. The lowest BCUT2D eigenvalue weighted by Gasteiger charge is -2.35. The third kappa shape index (κ3) is 5.75. The quantitative estimate of drug-likeness (QED) is 0.668. The van der Waals surface area contributed by atoms with Gasteiger partial charge in [0.2, 0.25) is 11.8 Å². The van der Waals surface area contributed by atoms with Crippen molar-refractivity contribution in [3.8, 4) is 0 Å². The highest BCUT2D eigenvalue weighted by molar-refractivity contribution is 5.91. The number of nitrogens with one attached hydrogen (secondary N) is 1. The van der Waals surface area contributed by atoms with Crippen LogP contribution >= 0.6 is 0 Å². The molecule has 3 amide bonds.